The molecule has 7 nitrogen and oxygen atoms in total. The van der Waals surface area contributed by atoms with Gasteiger partial charge >= 0.3 is 5.97 Å². The van der Waals surface area contributed by atoms with Crippen LogP contribution in [0.15, 0.2) is 28.8 Å². The average Bonchev–Trinajstić information content (AvgIpc) is 2.96. The first-order valence-electron chi connectivity index (χ1n) is 8.31. The summed E-state index contributed by atoms with van der Waals surface area (Å²) in [5.74, 6) is -1.45. The molecular formula is C18H22N2O5. The standard InChI is InChI=1S/C18H22N2O5/c1-4-24-14-10-18(16(22)23,17(14,2)3)19-15(21)9-12-11-7-5-6-8-13(11)25-20-12/h5-8,14H,4,9-10H2,1-3H3,(H,19,21)(H,22,23). The molecule has 1 aliphatic rings. The van der Waals surface area contributed by atoms with Crippen LogP contribution in [-0.2, 0) is 20.7 Å². The SMILES string of the molecule is CCOC1CC(NC(=O)Cc2noc3ccccc23)(C(=O)O)C1(C)C. The van der Waals surface area contributed by atoms with Crippen molar-refractivity contribution in [2.45, 2.75) is 45.3 Å². The lowest BCUT2D eigenvalue weighted by Crippen LogP contribution is -2.76. The van der Waals surface area contributed by atoms with Crippen LogP contribution in [0.2, 0.25) is 0 Å². The summed E-state index contributed by atoms with van der Waals surface area (Å²) in [5, 5.41) is 17.1. The molecule has 0 aliphatic heterocycles. The molecule has 1 heterocycles. The van der Waals surface area contributed by atoms with E-state index < -0.39 is 22.8 Å². The van der Waals surface area contributed by atoms with Crippen molar-refractivity contribution < 1.29 is 24.0 Å². The van der Waals surface area contributed by atoms with Gasteiger partial charge in [0.15, 0.2) is 5.58 Å². The summed E-state index contributed by atoms with van der Waals surface area (Å²) in [6, 6.07) is 7.24. The van der Waals surface area contributed by atoms with E-state index in [0.717, 1.165) is 5.39 Å². The maximum atomic E-state index is 12.5. The molecule has 1 aliphatic carbocycles. The first-order chi connectivity index (χ1) is 11.8. The lowest BCUT2D eigenvalue weighted by atomic mass is 9.54. The summed E-state index contributed by atoms with van der Waals surface area (Å²) < 4.78 is 10.8. The number of benzene rings is 1. The Labute approximate surface area is 145 Å². The van der Waals surface area contributed by atoms with Crippen LogP contribution in [0.4, 0.5) is 0 Å². The van der Waals surface area contributed by atoms with Gasteiger partial charge in [0.25, 0.3) is 0 Å². The number of nitrogens with zero attached hydrogens (tertiary/aromatic N) is 1. The largest absolute Gasteiger partial charge is 0.479 e. The number of carboxylic acid groups (broad SMARTS) is 1. The molecule has 1 fully saturated rings. The molecule has 7 heteroatoms. The Morgan fingerprint density at radius 1 is 1.40 bits per heavy atom. The normalized spacial score (nSPS) is 24.7. The van der Waals surface area contributed by atoms with E-state index in [-0.39, 0.29) is 18.9 Å². The van der Waals surface area contributed by atoms with Crippen molar-refractivity contribution in [1.29, 1.82) is 0 Å². The molecule has 0 saturated heterocycles. The minimum Gasteiger partial charge on any atom is -0.479 e. The molecule has 2 aromatic rings. The molecule has 25 heavy (non-hydrogen) atoms. The van der Waals surface area contributed by atoms with Gasteiger partial charge in [0.05, 0.1) is 12.5 Å². The van der Waals surface area contributed by atoms with Crippen LogP contribution < -0.4 is 5.32 Å². The number of aromatic nitrogens is 1. The summed E-state index contributed by atoms with van der Waals surface area (Å²) in [7, 11) is 0. The molecule has 0 bridgehead atoms. The van der Waals surface area contributed by atoms with Crippen LogP contribution in [-0.4, -0.2) is 40.4 Å². The van der Waals surface area contributed by atoms with Gasteiger partial charge in [0.1, 0.15) is 11.2 Å². The van der Waals surface area contributed by atoms with Crippen molar-refractivity contribution in [3.8, 4) is 0 Å². The minimum atomic E-state index is -1.34. The van der Waals surface area contributed by atoms with Crippen LogP contribution in [0.3, 0.4) is 0 Å². The molecule has 2 atom stereocenters. The van der Waals surface area contributed by atoms with Gasteiger partial charge in [-0.2, -0.15) is 0 Å². The lowest BCUT2D eigenvalue weighted by molar-refractivity contribution is -0.194. The predicted molar refractivity (Wildman–Crippen MR) is 90.0 cm³/mol. The molecule has 134 valence electrons. The number of rotatable bonds is 6. The molecule has 1 aromatic heterocycles. The van der Waals surface area contributed by atoms with Gasteiger partial charge < -0.3 is 19.7 Å². The molecule has 2 N–H and O–H groups in total. The van der Waals surface area contributed by atoms with Crippen molar-refractivity contribution in [3.63, 3.8) is 0 Å². The number of carbonyl (C=O) groups excluding carboxylic acids is 1. The minimum absolute atomic E-state index is 0.0403. The summed E-state index contributed by atoms with van der Waals surface area (Å²) >= 11 is 0. The highest BCUT2D eigenvalue weighted by Crippen LogP contribution is 2.51. The fourth-order valence-corrected chi connectivity index (χ4v) is 3.54. The van der Waals surface area contributed by atoms with Crippen LogP contribution in [0, 0.1) is 5.41 Å². The highest BCUT2D eigenvalue weighted by Gasteiger charge is 2.66. The van der Waals surface area contributed by atoms with Gasteiger partial charge in [0, 0.05) is 23.8 Å². The molecule has 1 saturated carbocycles. The highest BCUT2D eigenvalue weighted by atomic mass is 16.5. The Kier molecular flexibility index (Phi) is 4.28. The van der Waals surface area contributed by atoms with Gasteiger partial charge in [-0.3, -0.25) is 4.79 Å². The lowest BCUT2D eigenvalue weighted by Gasteiger charge is -2.58. The van der Waals surface area contributed by atoms with E-state index >= 15 is 0 Å². The third kappa shape index (κ3) is 2.68. The molecule has 2 unspecified atom stereocenters. The Balaban J connectivity index is 1.78. The van der Waals surface area contributed by atoms with Gasteiger partial charge in [-0.25, -0.2) is 4.79 Å². The van der Waals surface area contributed by atoms with Crippen molar-refractivity contribution in [1.82, 2.24) is 10.5 Å². The Hall–Kier alpha value is -2.41. The number of hydrogen-bond acceptors (Lipinski definition) is 5. The van der Waals surface area contributed by atoms with Crippen LogP contribution in [0.1, 0.15) is 32.9 Å². The van der Waals surface area contributed by atoms with E-state index in [0.29, 0.717) is 17.9 Å². The number of amides is 1. The van der Waals surface area contributed by atoms with Gasteiger partial charge in [-0.1, -0.05) is 31.1 Å². The van der Waals surface area contributed by atoms with Gasteiger partial charge in [-0.15, -0.1) is 0 Å². The van der Waals surface area contributed by atoms with Crippen LogP contribution in [0.5, 0.6) is 0 Å². The number of hydrogen-bond donors (Lipinski definition) is 2. The van der Waals surface area contributed by atoms with E-state index in [2.05, 4.69) is 10.5 Å². The second-order valence-corrected chi connectivity index (χ2v) is 6.93. The average molecular weight is 346 g/mol. The van der Waals surface area contributed by atoms with Crippen molar-refractivity contribution in [2.75, 3.05) is 6.61 Å². The van der Waals surface area contributed by atoms with E-state index in [1.807, 2.05) is 25.1 Å². The molecule has 1 aromatic carbocycles. The zero-order chi connectivity index (χ0) is 18.2. The van der Waals surface area contributed by atoms with Crippen molar-refractivity contribution >= 4 is 22.8 Å². The Morgan fingerprint density at radius 2 is 2.12 bits per heavy atom. The van der Waals surface area contributed by atoms with Crippen LogP contribution >= 0.6 is 0 Å². The topological polar surface area (TPSA) is 102 Å². The molecule has 3 rings (SSSR count). The maximum absolute atomic E-state index is 12.5. The number of ether oxygens (including phenoxy) is 1. The number of fused-ring (bicyclic) bond motifs is 1. The zero-order valence-corrected chi connectivity index (χ0v) is 14.5. The van der Waals surface area contributed by atoms with Crippen molar-refractivity contribution in [2.24, 2.45) is 5.41 Å². The smallest absolute Gasteiger partial charge is 0.330 e. The molecular weight excluding hydrogens is 324 g/mol. The van der Waals surface area contributed by atoms with E-state index in [4.69, 9.17) is 9.26 Å². The molecule has 0 spiro atoms. The summed E-state index contributed by atoms with van der Waals surface area (Å²) in [4.78, 5) is 24.4. The summed E-state index contributed by atoms with van der Waals surface area (Å²) in [6.45, 7) is 5.97. The fourth-order valence-electron chi connectivity index (χ4n) is 3.54. The monoisotopic (exact) mass is 346 g/mol. The molecule has 1 amide bonds. The molecule has 0 radical (unpaired) electrons. The third-order valence-corrected chi connectivity index (χ3v) is 5.26. The zero-order valence-electron chi connectivity index (χ0n) is 14.5. The second kappa shape index (κ2) is 6.15. The number of para-hydroxylation sites is 1. The predicted octanol–water partition coefficient (Wildman–Crippen LogP) is 2.14. The summed E-state index contributed by atoms with van der Waals surface area (Å²) in [6.07, 6.45) is -0.00242. The number of aliphatic carboxylic acids is 1. The van der Waals surface area contributed by atoms with E-state index in [1.165, 1.54) is 0 Å². The number of nitrogens with one attached hydrogen (secondary N) is 1. The summed E-state index contributed by atoms with van der Waals surface area (Å²) in [5.41, 5.74) is -0.967. The Bertz CT molecular complexity index is 813. The number of carboxylic acids is 1. The maximum Gasteiger partial charge on any atom is 0.330 e. The number of carbonyl (C=O) groups is 2. The van der Waals surface area contributed by atoms with Crippen LogP contribution in [0.25, 0.3) is 11.0 Å². The Morgan fingerprint density at radius 3 is 2.76 bits per heavy atom. The van der Waals surface area contributed by atoms with E-state index in [1.54, 1.807) is 19.9 Å². The first kappa shape index (κ1) is 17.4. The third-order valence-electron chi connectivity index (χ3n) is 5.26. The fraction of sp³-hybridized carbons (Fsp3) is 0.500. The second-order valence-electron chi connectivity index (χ2n) is 6.93. The van der Waals surface area contributed by atoms with E-state index in [9.17, 15) is 14.7 Å². The van der Waals surface area contributed by atoms with Gasteiger partial charge in [0.2, 0.25) is 5.91 Å². The van der Waals surface area contributed by atoms with Gasteiger partial charge in [-0.05, 0) is 19.1 Å². The highest BCUT2D eigenvalue weighted by molar-refractivity contribution is 5.92. The first-order valence-corrected chi connectivity index (χ1v) is 8.31. The quantitative estimate of drug-likeness (QED) is 0.831. The van der Waals surface area contributed by atoms with Crippen molar-refractivity contribution in [3.05, 3.63) is 30.0 Å².